The number of halogens is 2. The van der Waals surface area contributed by atoms with E-state index in [2.05, 4.69) is 15.9 Å². The number of carbonyl (C=O) groups is 1. The highest BCUT2D eigenvalue weighted by molar-refractivity contribution is 9.09. The summed E-state index contributed by atoms with van der Waals surface area (Å²) in [5.74, 6) is 0.308. The SMILES string of the molecule is CC(=O)C(Br)c1cccc(O)c1CCl. The lowest BCUT2D eigenvalue weighted by molar-refractivity contribution is -0.116. The number of benzene rings is 1. The quantitative estimate of drug-likeness (QED) is 0.862. The minimum atomic E-state index is -0.400. The zero-order valence-electron chi connectivity index (χ0n) is 7.63. The topological polar surface area (TPSA) is 37.3 Å². The van der Waals surface area contributed by atoms with Crippen molar-refractivity contribution in [2.24, 2.45) is 0 Å². The van der Waals surface area contributed by atoms with Gasteiger partial charge in [-0.2, -0.15) is 0 Å². The number of alkyl halides is 2. The van der Waals surface area contributed by atoms with Gasteiger partial charge in [0.15, 0.2) is 0 Å². The monoisotopic (exact) mass is 276 g/mol. The third-order valence-corrected chi connectivity index (χ3v) is 3.36. The second-order valence-corrected chi connectivity index (χ2v) is 4.13. The van der Waals surface area contributed by atoms with Gasteiger partial charge in [0.05, 0.1) is 10.7 Å². The van der Waals surface area contributed by atoms with Crippen LogP contribution in [0.4, 0.5) is 0 Å². The Hall–Kier alpha value is -0.540. The first-order valence-electron chi connectivity index (χ1n) is 4.09. The number of ketones is 1. The highest BCUT2D eigenvalue weighted by atomic mass is 79.9. The number of hydrogen-bond acceptors (Lipinski definition) is 2. The predicted molar refractivity (Wildman–Crippen MR) is 60.0 cm³/mol. The Morgan fingerprint density at radius 1 is 1.64 bits per heavy atom. The molecule has 1 aromatic carbocycles. The number of Topliss-reactive ketones (excluding diaryl/α,β-unsaturated/α-hetero) is 1. The van der Waals surface area contributed by atoms with Gasteiger partial charge in [-0.05, 0) is 18.6 Å². The van der Waals surface area contributed by atoms with Gasteiger partial charge in [-0.1, -0.05) is 28.1 Å². The molecule has 1 unspecified atom stereocenters. The second kappa shape index (κ2) is 4.80. The van der Waals surface area contributed by atoms with Crippen LogP contribution < -0.4 is 0 Å². The van der Waals surface area contributed by atoms with E-state index in [1.54, 1.807) is 18.2 Å². The molecule has 2 nitrogen and oxygen atoms in total. The zero-order chi connectivity index (χ0) is 10.7. The fourth-order valence-corrected chi connectivity index (χ4v) is 1.91. The summed E-state index contributed by atoms with van der Waals surface area (Å²) in [6, 6.07) is 5.03. The Kier molecular flexibility index (Phi) is 3.96. The molecular weight excluding hydrogens is 267 g/mol. The summed E-state index contributed by atoms with van der Waals surface area (Å²) in [5.41, 5.74) is 1.33. The lowest BCUT2D eigenvalue weighted by Crippen LogP contribution is -2.04. The Labute approximate surface area is 96.0 Å². The molecule has 0 amide bonds. The Morgan fingerprint density at radius 3 is 2.79 bits per heavy atom. The molecule has 76 valence electrons. The fraction of sp³-hybridized carbons (Fsp3) is 0.300. The molecule has 1 atom stereocenters. The van der Waals surface area contributed by atoms with E-state index in [9.17, 15) is 9.90 Å². The molecule has 1 rings (SSSR count). The van der Waals surface area contributed by atoms with Crippen molar-refractivity contribution >= 4 is 33.3 Å². The minimum Gasteiger partial charge on any atom is -0.508 e. The van der Waals surface area contributed by atoms with Gasteiger partial charge in [-0.3, -0.25) is 4.79 Å². The molecule has 14 heavy (non-hydrogen) atoms. The molecular formula is C10H10BrClO2. The molecule has 0 saturated heterocycles. The van der Waals surface area contributed by atoms with E-state index in [0.717, 1.165) is 5.56 Å². The number of rotatable bonds is 3. The fourth-order valence-electron chi connectivity index (χ4n) is 1.19. The lowest BCUT2D eigenvalue weighted by Gasteiger charge is -2.12. The first-order valence-corrected chi connectivity index (χ1v) is 5.54. The maximum Gasteiger partial charge on any atom is 0.147 e. The van der Waals surface area contributed by atoms with Crippen LogP contribution in [0.3, 0.4) is 0 Å². The van der Waals surface area contributed by atoms with Crippen LogP contribution in [0.15, 0.2) is 18.2 Å². The van der Waals surface area contributed by atoms with E-state index in [1.165, 1.54) is 6.92 Å². The van der Waals surface area contributed by atoms with Crippen molar-refractivity contribution in [2.45, 2.75) is 17.6 Å². The van der Waals surface area contributed by atoms with Crippen LogP contribution in [0.2, 0.25) is 0 Å². The van der Waals surface area contributed by atoms with E-state index in [1.807, 2.05) is 0 Å². The van der Waals surface area contributed by atoms with Crippen LogP contribution in [0.25, 0.3) is 0 Å². The van der Waals surface area contributed by atoms with Crippen molar-refractivity contribution < 1.29 is 9.90 Å². The Bertz CT molecular complexity index is 352. The number of phenols is 1. The van der Waals surface area contributed by atoms with Crippen LogP contribution in [-0.2, 0) is 10.7 Å². The molecule has 0 aliphatic carbocycles. The minimum absolute atomic E-state index is 0.0121. The van der Waals surface area contributed by atoms with Crippen molar-refractivity contribution in [3.05, 3.63) is 29.3 Å². The van der Waals surface area contributed by atoms with E-state index >= 15 is 0 Å². The molecule has 0 fully saturated rings. The van der Waals surface area contributed by atoms with Crippen LogP contribution in [0.1, 0.15) is 22.9 Å². The summed E-state index contributed by atoms with van der Waals surface area (Å²) >= 11 is 8.95. The second-order valence-electron chi connectivity index (χ2n) is 2.95. The van der Waals surface area contributed by atoms with Gasteiger partial charge in [0.2, 0.25) is 0 Å². The van der Waals surface area contributed by atoms with Crippen LogP contribution in [0, 0.1) is 0 Å². The van der Waals surface area contributed by atoms with Gasteiger partial charge in [-0.15, -0.1) is 11.6 Å². The number of phenolic OH excluding ortho intramolecular Hbond substituents is 1. The van der Waals surface area contributed by atoms with Crippen molar-refractivity contribution in [2.75, 3.05) is 0 Å². The average Bonchev–Trinajstić information content (AvgIpc) is 2.16. The molecule has 0 aliphatic heterocycles. The number of hydrogen-bond donors (Lipinski definition) is 1. The average molecular weight is 278 g/mol. The normalized spacial score (nSPS) is 12.5. The number of carbonyl (C=O) groups excluding carboxylic acids is 1. The molecule has 0 aliphatic rings. The predicted octanol–water partition coefficient (Wildman–Crippen LogP) is 3.16. The summed E-state index contributed by atoms with van der Waals surface area (Å²) in [5, 5.41) is 9.51. The van der Waals surface area contributed by atoms with Gasteiger partial charge in [0.25, 0.3) is 0 Å². The number of aromatic hydroxyl groups is 1. The molecule has 0 spiro atoms. The Morgan fingerprint density at radius 2 is 2.29 bits per heavy atom. The first kappa shape index (κ1) is 11.5. The lowest BCUT2D eigenvalue weighted by atomic mass is 10.0. The summed E-state index contributed by atoms with van der Waals surface area (Å²) < 4.78 is 0. The van der Waals surface area contributed by atoms with Gasteiger partial charge in [0, 0.05) is 5.56 Å². The van der Waals surface area contributed by atoms with Crippen molar-refractivity contribution in [1.82, 2.24) is 0 Å². The van der Waals surface area contributed by atoms with Gasteiger partial charge in [0.1, 0.15) is 11.5 Å². The summed E-state index contributed by atoms with van der Waals surface area (Å²) in [6.07, 6.45) is 0. The van der Waals surface area contributed by atoms with Crippen molar-refractivity contribution in [1.29, 1.82) is 0 Å². The van der Waals surface area contributed by atoms with Crippen LogP contribution >= 0.6 is 27.5 Å². The Balaban J connectivity index is 3.20. The largest absolute Gasteiger partial charge is 0.508 e. The van der Waals surface area contributed by atoms with Gasteiger partial charge in [-0.25, -0.2) is 0 Å². The highest BCUT2D eigenvalue weighted by Gasteiger charge is 2.17. The van der Waals surface area contributed by atoms with Crippen molar-refractivity contribution in [3.8, 4) is 5.75 Å². The van der Waals surface area contributed by atoms with E-state index < -0.39 is 4.83 Å². The molecule has 0 radical (unpaired) electrons. The van der Waals surface area contributed by atoms with E-state index in [0.29, 0.717) is 5.56 Å². The maximum absolute atomic E-state index is 11.2. The maximum atomic E-state index is 11.2. The smallest absolute Gasteiger partial charge is 0.147 e. The third-order valence-electron chi connectivity index (χ3n) is 1.95. The highest BCUT2D eigenvalue weighted by Crippen LogP contribution is 2.32. The van der Waals surface area contributed by atoms with E-state index in [4.69, 9.17) is 11.6 Å². The van der Waals surface area contributed by atoms with Crippen molar-refractivity contribution in [3.63, 3.8) is 0 Å². The first-order chi connectivity index (χ1) is 6.57. The third kappa shape index (κ3) is 2.28. The summed E-state index contributed by atoms with van der Waals surface area (Å²) in [4.78, 5) is 10.8. The van der Waals surface area contributed by atoms with Gasteiger partial charge >= 0.3 is 0 Å². The van der Waals surface area contributed by atoms with Gasteiger partial charge < -0.3 is 5.11 Å². The summed E-state index contributed by atoms with van der Waals surface area (Å²) in [6.45, 7) is 1.49. The molecule has 0 bridgehead atoms. The molecule has 4 heteroatoms. The standard InChI is InChI=1S/C10H10BrClO2/c1-6(13)10(11)7-3-2-4-9(14)8(7)5-12/h2-4,10,14H,5H2,1H3. The van der Waals surface area contributed by atoms with Crippen LogP contribution in [-0.4, -0.2) is 10.9 Å². The molecule has 0 aromatic heterocycles. The molecule has 1 N–H and O–H groups in total. The summed E-state index contributed by atoms with van der Waals surface area (Å²) in [7, 11) is 0. The van der Waals surface area contributed by atoms with Crippen LogP contribution in [0.5, 0.6) is 5.75 Å². The van der Waals surface area contributed by atoms with E-state index in [-0.39, 0.29) is 17.4 Å². The molecule has 1 aromatic rings. The molecule has 0 heterocycles. The zero-order valence-corrected chi connectivity index (χ0v) is 9.97. The molecule has 0 saturated carbocycles.